The third-order valence-electron chi connectivity index (χ3n) is 3.44. The first-order chi connectivity index (χ1) is 11.2. The molecule has 0 bridgehead atoms. The molecule has 2 aromatic carbocycles. The summed E-state index contributed by atoms with van der Waals surface area (Å²) < 4.78 is 10.7. The number of phenols is 1. The normalized spacial score (nSPS) is 10.9. The first-order valence-corrected chi connectivity index (χ1v) is 7.87. The van der Waals surface area contributed by atoms with Gasteiger partial charge in [0.1, 0.15) is 17.2 Å². The van der Waals surface area contributed by atoms with Gasteiger partial charge in [-0.25, -0.2) is 0 Å². The lowest BCUT2D eigenvalue weighted by Gasteiger charge is -2.07. The summed E-state index contributed by atoms with van der Waals surface area (Å²) in [6.45, 7) is 2.83. The number of nitrogens with zero attached hydrogens (tertiary/aromatic N) is 1. The Morgan fingerprint density at radius 2 is 1.78 bits per heavy atom. The zero-order valence-corrected chi connectivity index (χ0v) is 13.7. The maximum absolute atomic E-state index is 10.1. The Morgan fingerprint density at radius 3 is 2.43 bits per heavy atom. The standard InChI is InChI=1S/C19H23NO3/c1-3-4-5-12-23-18-9-6-15(19(21)13-18)14-20-16-7-10-17(22-2)11-8-16/h6-11,13-14,21H,3-5,12H2,1-2H3. The van der Waals surface area contributed by atoms with Crippen molar-refractivity contribution in [1.29, 1.82) is 0 Å². The van der Waals surface area contributed by atoms with E-state index in [9.17, 15) is 5.11 Å². The molecule has 23 heavy (non-hydrogen) atoms. The summed E-state index contributed by atoms with van der Waals surface area (Å²) >= 11 is 0. The third kappa shape index (κ3) is 5.33. The summed E-state index contributed by atoms with van der Waals surface area (Å²) in [5.74, 6) is 1.63. The lowest BCUT2D eigenvalue weighted by Crippen LogP contribution is -1.97. The molecule has 0 spiro atoms. The van der Waals surface area contributed by atoms with Crippen molar-refractivity contribution in [2.24, 2.45) is 4.99 Å². The van der Waals surface area contributed by atoms with Crippen LogP contribution in [0.5, 0.6) is 17.2 Å². The molecule has 4 heteroatoms. The monoisotopic (exact) mass is 313 g/mol. The van der Waals surface area contributed by atoms with Crippen LogP contribution in [0.15, 0.2) is 47.5 Å². The van der Waals surface area contributed by atoms with Crippen LogP contribution in [0, 0.1) is 0 Å². The van der Waals surface area contributed by atoms with Crippen molar-refractivity contribution in [3.8, 4) is 17.2 Å². The molecule has 1 N–H and O–H groups in total. The van der Waals surface area contributed by atoms with Gasteiger partial charge in [0.25, 0.3) is 0 Å². The van der Waals surface area contributed by atoms with Gasteiger partial charge in [-0.15, -0.1) is 0 Å². The number of hydrogen-bond acceptors (Lipinski definition) is 4. The lowest BCUT2D eigenvalue weighted by molar-refractivity contribution is 0.304. The molecule has 0 aliphatic heterocycles. The minimum Gasteiger partial charge on any atom is -0.507 e. The van der Waals surface area contributed by atoms with E-state index in [-0.39, 0.29) is 5.75 Å². The molecule has 122 valence electrons. The molecule has 0 fully saturated rings. The van der Waals surface area contributed by atoms with Gasteiger partial charge in [-0.2, -0.15) is 0 Å². The molecule has 4 nitrogen and oxygen atoms in total. The summed E-state index contributed by atoms with van der Waals surface area (Å²) in [7, 11) is 1.63. The summed E-state index contributed by atoms with van der Waals surface area (Å²) in [6, 6.07) is 12.7. The second kappa shape index (κ2) is 8.83. The predicted molar refractivity (Wildman–Crippen MR) is 93.4 cm³/mol. The van der Waals surface area contributed by atoms with E-state index in [2.05, 4.69) is 11.9 Å². The highest BCUT2D eigenvalue weighted by atomic mass is 16.5. The van der Waals surface area contributed by atoms with E-state index in [1.54, 1.807) is 25.5 Å². The Kier molecular flexibility index (Phi) is 6.48. The topological polar surface area (TPSA) is 51.0 Å². The van der Waals surface area contributed by atoms with Gasteiger partial charge in [0.05, 0.1) is 19.4 Å². The summed E-state index contributed by atoms with van der Waals surface area (Å²) in [6.07, 6.45) is 4.98. The fourth-order valence-corrected chi connectivity index (χ4v) is 2.08. The first kappa shape index (κ1) is 16.9. The largest absolute Gasteiger partial charge is 0.507 e. The molecule has 0 atom stereocenters. The van der Waals surface area contributed by atoms with Crippen LogP contribution >= 0.6 is 0 Å². The number of ether oxygens (including phenoxy) is 2. The maximum atomic E-state index is 10.1. The number of aliphatic imine (C=N–C) groups is 1. The van der Waals surface area contributed by atoms with Gasteiger partial charge in [0.15, 0.2) is 0 Å². The fourth-order valence-electron chi connectivity index (χ4n) is 2.08. The van der Waals surface area contributed by atoms with Crippen molar-refractivity contribution in [3.05, 3.63) is 48.0 Å². The molecule has 0 aliphatic rings. The maximum Gasteiger partial charge on any atom is 0.128 e. The fraction of sp³-hybridized carbons (Fsp3) is 0.316. The second-order valence-corrected chi connectivity index (χ2v) is 5.23. The molecular formula is C19H23NO3. The second-order valence-electron chi connectivity index (χ2n) is 5.23. The number of phenolic OH excluding ortho intramolecular Hbond substituents is 1. The van der Waals surface area contributed by atoms with Gasteiger partial charge >= 0.3 is 0 Å². The van der Waals surface area contributed by atoms with Gasteiger partial charge in [0, 0.05) is 17.8 Å². The van der Waals surface area contributed by atoms with Gasteiger partial charge < -0.3 is 14.6 Å². The van der Waals surface area contributed by atoms with Crippen LogP contribution in [-0.2, 0) is 0 Å². The van der Waals surface area contributed by atoms with E-state index < -0.39 is 0 Å². The molecule has 2 aromatic rings. The van der Waals surface area contributed by atoms with E-state index in [4.69, 9.17) is 9.47 Å². The molecule has 0 unspecified atom stereocenters. The highest BCUT2D eigenvalue weighted by Crippen LogP contribution is 2.24. The minimum absolute atomic E-state index is 0.162. The van der Waals surface area contributed by atoms with Crippen LogP contribution in [0.25, 0.3) is 0 Å². The minimum atomic E-state index is 0.162. The van der Waals surface area contributed by atoms with E-state index in [1.165, 1.54) is 0 Å². The smallest absolute Gasteiger partial charge is 0.128 e. The SMILES string of the molecule is CCCCCOc1ccc(C=Nc2ccc(OC)cc2)c(O)c1. The lowest BCUT2D eigenvalue weighted by atomic mass is 10.2. The molecule has 0 radical (unpaired) electrons. The molecule has 0 saturated carbocycles. The van der Waals surface area contributed by atoms with Crippen molar-refractivity contribution in [3.63, 3.8) is 0 Å². The Bertz CT molecular complexity index is 636. The predicted octanol–water partition coefficient (Wildman–Crippen LogP) is 4.72. The van der Waals surface area contributed by atoms with E-state index in [0.29, 0.717) is 17.9 Å². The van der Waals surface area contributed by atoms with Crippen molar-refractivity contribution in [2.45, 2.75) is 26.2 Å². The van der Waals surface area contributed by atoms with Crippen LogP contribution in [0.1, 0.15) is 31.7 Å². The van der Waals surface area contributed by atoms with Gasteiger partial charge in [-0.1, -0.05) is 19.8 Å². The number of benzene rings is 2. The summed E-state index contributed by atoms with van der Waals surface area (Å²) in [4.78, 5) is 4.35. The number of methoxy groups -OCH3 is 1. The van der Waals surface area contributed by atoms with Crippen molar-refractivity contribution >= 4 is 11.9 Å². The van der Waals surface area contributed by atoms with Crippen LogP contribution in [0.2, 0.25) is 0 Å². The Labute approximate surface area is 137 Å². The quantitative estimate of drug-likeness (QED) is 0.566. The van der Waals surface area contributed by atoms with E-state index in [0.717, 1.165) is 30.7 Å². The van der Waals surface area contributed by atoms with Crippen molar-refractivity contribution in [2.75, 3.05) is 13.7 Å². The first-order valence-electron chi connectivity index (χ1n) is 7.87. The summed E-state index contributed by atoms with van der Waals surface area (Å²) in [5.41, 5.74) is 1.45. The van der Waals surface area contributed by atoms with Crippen LogP contribution in [0.3, 0.4) is 0 Å². The van der Waals surface area contributed by atoms with Crippen LogP contribution < -0.4 is 9.47 Å². The zero-order valence-electron chi connectivity index (χ0n) is 13.7. The number of hydrogen-bond donors (Lipinski definition) is 1. The third-order valence-corrected chi connectivity index (χ3v) is 3.44. The highest BCUT2D eigenvalue weighted by molar-refractivity contribution is 5.85. The van der Waals surface area contributed by atoms with E-state index >= 15 is 0 Å². The van der Waals surface area contributed by atoms with Crippen molar-refractivity contribution < 1.29 is 14.6 Å². The number of unbranched alkanes of at least 4 members (excludes halogenated alkanes) is 2. The molecule has 0 saturated heterocycles. The number of aromatic hydroxyl groups is 1. The van der Waals surface area contributed by atoms with Gasteiger partial charge in [0.2, 0.25) is 0 Å². The molecule has 2 rings (SSSR count). The molecule has 0 aliphatic carbocycles. The van der Waals surface area contributed by atoms with Gasteiger partial charge in [-0.3, -0.25) is 4.99 Å². The average molecular weight is 313 g/mol. The number of rotatable bonds is 8. The zero-order chi connectivity index (χ0) is 16.5. The highest BCUT2D eigenvalue weighted by Gasteiger charge is 2.02. The van der Waals surface area contributed by atoms with Crippen LogP contribution in [0.4, 0.5) is 5.69 Å². The molecule has 0 aromatic heterocycles. The molecular weight excluding hydrogens is 290 g/mol. The van der Waals surface area contributed by atoms with Gasteiger partial charge in [-0.05, 0) is 42.8 Å². The Morgan fingerprint density at radius 1 is 1.04 bits per heavy atom. The molecule has 0 heterocycles. The Balaban J connectivity index is 1.98. The Hall–Kier alpha value is -2.49. The van der Waals surface area contributed by atoms with E-state index in [1.807, 2.05) is 30.3 Å². The van der Waals surface area contributed by atoms with Crippen LogP contribution in [-0.4, -0.2) is 25.0 Å². The average Bonchev–Trinajstić information content (AvgIpc) is 2.58. The molecule has 0 amide bonds. The summed E-state index contributed by atoms with van der Waals surface area (Å²) in [5, 5.41) is 10.1. The van der Waals surface area contributed by atoms with Crippen molar-refractivity contribution in [1.82, 2.24) is 0 Å².